The van der Waals surface area contributed by atoms with E-state index in [2.05, 4.69) is 52.8 Å². The molecule has 3 unspecified atom stereocenters. The Kier molecular flexibility index (Phi) is 3.95. The molecule has 0 aromatic heterocycles. The molecule has 0 spiro atoms. The fourth-order valence-corrected chi connectivity index (χ4v) is 2.98. The standard InChI is InChI=1S/C18H26O2/c1-11-6-7-14(18(3,4)5)9-13(11)8-12(2)15-10-16(15)17(19)20/h6-7,9,12,15-16H,8,10H2,1-5H3,(H,19,20). The van der Waals surface area contributed by atoms with Crippen LogP contribution in [0.1, 0.15) is 50.8 Å². The highest BCUT2D eigenvalue weighted by molar-refractivity contribution is 5.73. The molecule has 3 atom stereocenters. The summed E-state index contributed by atoms with van der Waals surface area (Å²) < 4.78 is 0. The predicted molar refractivity (Wildman–Crippen MR) is 82.0 cm³/mol. The van der Waals surface area contributed by atoms with Crippen molar-refractivity contribution in [1.29, 1.82) is 0 Å². The van der Waals surface area contributed by atoms with Gasteiger partial charge >= 0.3 is 5.97 Å². The number of carboxylic acids is 1. The molecule has 110 valence electrons. The lowest BCUT2D eigenvalue weighted by atomic mass is 9.83. The minimum Gasteiger partial charge on any atom is -0.481 e. The van der Waals surface area contributed by atoms with Crippen molar-refractivity contribution in [2.75, 3.05) is 0 Å². The minimum absolute atomic E-state index is 0.101. The van der Waals surface area contributed by atoms with Gasteiger partial charge in [0.1, 0.15) is 0 Å². The zero-order chi connectivity index (χ0) is 15.1. The van der Waals surface area contributed by atoms with Gasteiger partial charge in [-0.15, -0.1) is 0 Å². The van der Waals surface area contributed by atoms with E-state index in [1.54, 1.807) is 0 Å². The summed E-state index contributed by atoms with van der Waals surface area (Å²) in [7, 11) is 0. The molecule has 0 radical (unpaired) electrons. The van der Waals surface area contributed by atoms with Crippen molar-refractivity contribution in [3.63, 3.8) is 0 Å². The molecule has 2 heteroatoms. The molecule has 1 fully saturated rings. The van der Waals surface area contributed by atoms with Gasteiger partial charge in [0.25, 0.3) is 0 Å². The largest absolute Gasteiger partial charge is 0.481 e. The Morgan fingerprint density at radius 2 is 2.05 bits per heavy atom. The Hall–Kier alpha value is -1.31. The average Bonchev–Trinajstić information content (AvgIpc) is 3.10. The van der Waals surface area contributed by atoms with Gasteiger partial charge in [-0.1, -0.05) is 45.9 Å². The number of aryl methyl sites for hydroxylation is 1. The van der Waals surface area contributed by atoms with E-state index in [9.17, 15) is 4.79 Å². The molecule has 1 N–H and O–H groups in total. The molecule has 1 aliphatic carbocycles. The second-order valence-electron chi connectivity index (χ2n) is 7.42. The lowest BCUT2D eigenvalue weighted by Gasteiger charge is -2.22. The molecule has 1 aromatic carbocycles. The molecule has 2 rings (SSSR count). The van der Waals surface area contributed by atoms with Crippen LogP contribution in [0.5, 0.6) is 0 Å². The third-order valence-electron chi connectivity index (χ3n) is 4.64. The molecule has 0 bridgehead atoms. The Morgan fingerprint density at radius 1 is 1.40 bits per heavy atom. The molecule has 0 heterocycles. The summed E-state index contributed by atoms with van der Waals surface area (Å²) >= 11 is 0. The monoisotopic (exact) mass is 274 g/mol. The van der Waals surface area contributed by atoms with Crippen LogP contribution in [0.4, 0.5) is 0 Å². The quantitative estimate of drug-likeness (QED) is 0.893. The normalized spacial score (nSPS) is 23.4. The SMILES string of the molecule is Cc1ccc(C(C)(C)C)cc1CC(C)C1CC1C(=O)O. The first-order chi connectivity index (χ1) is 9.20. The Morgan fingerprint density at radius 3 is 2.55 bits per heavy atom. The highest BCUT2D eigenvalue weighted by Gasteiger charge is 2.46. The van der Waals surface area contributed by atoms with Crippen LogP contribution >= 0.6 is 0 Å². The van der Waals surface area contributed by atoms with Crippen LogP contribution in [0.15, 0.2) is 18.2 Å². The van der Waals surface area contributed by atoms with Crippen LogP contribution in [0, 0.1) is 24.7 Å². The summed E-state index contributed by atoms with van der Waals surface area (Å²) in [4.78, 5) is 11.0. The van der Waals surface area contributed by atoms with Crippen LogP contribution < -0.4 is 0 Å². The highest BCUT2D eigenvalue weighted by Crippen LogP contribution is 2.45. The first kappa shape index (κ1) is 15.1. The van der Waals surface area contributed by atoms with Crippen LogP contribution in [0.25, 0.3) is 0 Å². The summed E-state index contributed by atoms with van der Waals surface area (Å²) in [5.74, 6) is 0.0910. The minimum atomic E-state index is -0.623. The van der Waals surface area contributed by atoms with Crippen LogP contribution in [0.2, 0.25) is 0 Å². The highest BCUT2D eigenvalue weighted by atomic mass is 16.4. The van der Waals surface area contributed by atoms with E-state index >= 15 is 0 Å². The topological polar surface area (TPSA) is 37.3 Å². The van der Waals surface area contributed by atoms with E-state index < -0.39 is 5.97 Å². The number of aliphatic carboxylic acids is 1. The van der Waals surface area contributed by atoms with E-state index in [1.807, 2.05) is 0 Å². The molecule has 0 aliphatic heterocycles. The van der Waals surface area contributed by atoms with Gasteiger partial charge in [-0.2, -0.15) is 0 Å². The van der Waals surface area contributed by atoms with E-state index in [1.165, 1.54) is 16.7 Å². The van der Waals surface area contributed by atoms with Gasteiger partial charge in [0.2, 0.25) is 0 Å². The van der Waals surface area contributed by atoms with Crippen LogP contribution in [-0.4, -0.2) is 11.1 Å². The van der Waals surface area contributed by atoms with Gasteiger partial charge < -0.3 is 5.11 Å². The number of hydrogen-bond donors (Lipinski definition) is 1. The zero-order valence-electron chi connectivity index (χ0n) is 13.2. The fourth-order valence-electron chi connectivity index (χ4n) is 2.98. The van der Waals surface area contributed by atoms with Crippen molar-refractivity contribution in [3.05, 3.63) is 34.9 Å². The van der Waals surface area contributed by atoms with Crippen molar-refractivity contribution < 1.29 is 9.90 Å². The van der Waals surface area contributed by atoms with Gasteiger partial charge in [0.05, 0.1) is 5.92 Å². The maximum absolute atomic E-state index is 11.0. The second kappa shape index (κ2) is 5.23. The van der Waals surface area contributed by atoms with E-state index in [0.29, 0.717) is 11.8 Å². The summed E-state index contributed by atoms with van der Waals surface area (Å²) in [5, 5.41) is 9.04. The van der Waals surface area contributed by atoms with E-state index in [0.717, 1.165) is 12.8 Å². The van der Waals surface area contributed by atoms with Crippen molar-refractivity contribution in [2.45, 2.75) is 52.9 Å². The van der Waals surface area contributed by atoms with Crippen molar-refractivity contribution >= 4 is 5.97 Å². The molecule has 0 amide bonds. The van der Waals surface area contributed by atoms with Crippen LogP contribution in [0.3, 0.4) is 0 Å². The summed E-state index contributed by atoms with van der Waals surface area (Å²) in [5.41, 5.74) is 4.21. The number of rotatable bonds is 4. The third-order valence-corrected chi connectivity index (χ3v) is 4.64. The Bertz CT molecular complexity index is 511. The first-order valence-corrected chi connectivity index (χ1v) is 7.53. The maximum Gasteiger partial charge on any atom is 0.306 e. The van der Waals surface area contributed by atoms with Gasteiger partial charge in [0, 0.05) is 0 Å². The Balaban J connectivity index is 2.11. The maximum atomic E-state index is 11.0. The predicted octanol–water partition coefficient (Wildman–Crippen LogP) is 4.19. The molecule has 20 heavy (non-hydrogen) atoms. The third kappa shape index (κ3) is 3.23. The van der Waals surface area contributed by atoms with Gasteiger partial charge in [0.15, 0.2) is 0 Å². The molecule has 1 saturated carbocycles. The molecule has 1 aromatic rings. The molecule has 1 aliphatic rings. The number of hydrogen-bond acceptors (Lipinski definition) is 1. The second-order valence-corrected chi connectivity index (χ2v) is 7.42. The Labute approximate surface area is 122 Å². The van der Waals surface area contributed by atoms with Crippen molar-refractivity contribution in [1.82, 2.24) is 0 Å². The number of benzene rings is 1. The van der Waals surface area contributed by atoms with E-state index in [4.69, 9.17) is 5.11 Å². The lowest BCUT2D eigenvalue weighted by Crippen LogP contribution is -2.13. The van der Waals surface area contributed by atoms with Gasteiger partial charge in [-0.05, 0) is 53.7 Å². The lowest BCUT2D eigenvalue weighted by molar-refractivity contribution is -0.139. The average molecular weight is 274 g/mol. The van der Waals surface area contributed by atoms with Gasteiger partial charge in [-0.3, -0.25) is 4.79 Å². The summed E-state index contributed by atoms with van der Waals surface area (Å²) in [6.07, 6.45) is 1.85. The number of carboxylic acid groups (broad SMARTS) is 1. The van der Waals surface area contributed by atoms with Gasteiger partial charge in [-0.25, -0.2) is 0 Å². The summed E-state index contributed by atoms with van der Waals surface area (Å²) in [6.45, 7) is 11.0. The molecular weight excluding hydrogens is 248 g/mol. The smallest absolute Gasteiger partial charge is 0.306 e. The van der Waals surface area contributed by atoms with Crippen molar-refractivity contribution in [2.24, 2.45) is 17.8 Å². The molecular formula is C18H26O2. The zero-order valence-corrected chi connectivity index (χ0v) is 13.2. The summed E-state index contributed by atoms with van der Waals surface area (Å²) in [6, 6.07) is 6.72. The molecule has 2 nitrogen and oxygen atoms in total. The fraction of sp³-hybridized carbons (Fsp3) is 0.611. The van der Waals surface area contributed by atoms with E-state index in [-0.39, 0.29) is 11.3 Å². The molecule has 0 saturated heterocycles. The number of carbonyl (C=O) groups is 1. The first-order valence-electron chi connectivity index (χ1n) is 7.53. The van der Waals surface area contributed by atoms with Crippen molar-refractivity contribution in [3.8, 4) is 0 Å². The van der Waals surface area contributed by atoms with Crippen LogP contribution in [-0.2, 0) is 16.6 Å².